The Morgan fingerprint density at radius 2 is 1.90 bits per heavy atom. The molecule has 166 valence electrons. The van der Waals surface area contributed by atoms with Crippen LogP contribution in [-0.4, -0.2) is 50.1 Å². The predicted molar refractivity (Wildman–Crippen MR) is 122 cm³/mol. The van der Waals surface area contributed by atoms with Crippen LogP contribution in [0.4, 0.5) is 11.8 Å². The second kappa shape index (κ2) is 9.72. The number of aliphatic hydroxyl groups excluding tert-OH is 3. The van der Waals surface area contributed by atoms with Gasteiger partial charge in [0.15, 0.2) is 5.15 Å². The molecule has 2 aromatic rings. The molecule has 0 radical (unpaired) electrons. The normalized spacial score (nSPS) is 26.5. The van der Waals surface area contributed by atoms with Crippen molar-refractivity contribution in [3.63, 3.8) is 0 Å². The van der Waals surface area contributed by atoms with Crippen molar-refractivity contribution in [2.45, 2.75) is 62.7 Å². The van der Waals surface area contributed by atoms with Crippen LogP contribution in [-0.2, 0) is 0 Å². The van der Waals surface area contributed by atoms with Crippen molar-refractivity contribution in [2.75, 3.05) is 17.7 Å². The lowest BCUT2D eigenvalue weighted by Gasteiger charge is -2.19. The van der Waals surface area contributed by atoms with Gasteiger partial charge in [-0.1, -0.05) is 42.7 Å². The smallest absolute Gasteiger partial charge is 0.223 e. The Morgan fingerprint density at radius 1 is 1.13 bits per heavy atom. The number of hydrogen-bond donors (Lipinski definition) is 5. The van der Waals surface area contributed by atoms with Gasteiger partial charge in [-0.05, 0) is 37.3 Å². The van der Waals surface area contributed by atoms with E-state index in [2.05, 4.69) is 33.2 Å². The SMILES string of the molecule is Nc1nc(Cl)c(C#Cc2ccc(C3CCCCC3)s2)c(N[C@@H]2C[C@H](CO)[C@@H](O)[C@H]2O)n1. The molecule has 0 aromatic carbocycles. The molecule has 2 aliphatic rings. The summed E-state index contributed by atoms with van der Waals surface area (Å²) in [6, 6.07) is 3.68. The molecule has 0 amide bonds. The number of halogens is 1. The third-order valence-corrected chi connectivity index (χ3v) is 7.62. The summed E-state index contributed by atoms with van der Waals surface area (Å²) in [4.78, 5) is 10.5. The predicted octanol–water partition coefficient (Wildman–Crippen LogP) is 2.74. The van der Waals surface area contributed by atoms with E-state index < -0.39 is 24.2 Å². The van der Waals surface area contributed by atoms with Crippen LogP contribution in [0, 0.1) is 17.8 Å². The number of thiophene rings is 1. The molecule has 0 spiro atoms. The fourth-order valence-corrected chi connectivity index (χ4v) is 5.69. The van der Waals surface area contributed by atoms with Gasteiger partial charge in [0.1, 0.15) is 17.5 Å². The quantitative estimate of drug-likeness (QED) is 0.349. The van der Waals surface area contributed by atoms with Crippen LogP contribution < -0.4 is 11.1 Å². The molecule has 9 heteroatoms. The van der Waals surface area contributed by atoms with Crippen molar-refractivity contribution in [1.29, 1.82) is 0 Å². The van der Waals surface area contributed by atoms with E-state index in [-0.39, 0.29) is 17.7 Å². The van der Waals surface area contributed by atoms with E-state index in [0.717, 1.165) is 4.88 Å². The fourth-order valence-electron chi connectivity index (χ4n) is 4.44. The highest BCUT2D eigenvalue weighted by molar-refractivity contribution is 7.12. The molecule has 2 aliphatic carbocycles. The van der Waals surface area contributed by atoms with Crippen LogP contribution in [0.3, 0.4) is 0 Å². The molecule has 6 N–H and O–H groups in total. The number of nitrogens with zero attached hydrogens (tertiary/aromatic N) is 2. The first-order chi connectivity index (χ1) is 15.0. The van der Waals surface area contributed by atoms with Crippen LogP contribution in [0.15, 0.2) is 12.1 Å². The van der Waals surface area contributed by atoms with E-state index in [4.69, 9.17) is 17.3 Å². The van der Waals surface area contributed by atoms with Crippen LogP contribution in [0.1, 0.15) is 59.8 Å². The third-order valence-electron chi connectivity index (χ3n) is 6.19. The molecular weight excluding hydrogens is 436 g/mol. The summed E-state index contributed by atoms with van der Waals surface area (Å²) in [5.41, 5.74) is 6.15. The minimum absolute atomic E-state index is 0.0134. The van der Waals surface area contributed by atoms with Gasteiger partial charge in [0.25, 0.3) is 0 Å². The Labute approximate surface area is 190 Å². The number of nitrogens with two attached hydrogens (primary N) is 1. The highest BCUT2D eigenvalue weighted by Gasteiger charge is 2.41. The Balaban J connectivity index is 1.56. The molecule has 2 heterocycles. The first-order valence-corrected chi connectivity index (χ1v) is 11.8. The number of anilines is 2. The summed E-state index contributed by atoms with van der Waals surface area (Å²) in [6.07, 6.45) is 4.69. The topological polar surface area (TPSA) is 125 Å². The van der Waals surface area contributed by atoms with Crippen molar-refractivity contribution in [3.8, 4) is 11.8 Å². The summed E-state index contributed by atoms with van der Waals surface area (Å²) < 4.78 is 0. The van der Waals surface area contributed by atoms with Gasteiger partial charge in [-0.2, -0.15) is 9.97 Å². The maximum Gasteiger partial charge on any atom is 0.223 e. The van der Waals surface area contributed by atoms with E-state index in [9.17, 15) is 15.3 Å². The van der Waals surface area contributed by atoms with Gasteiger partial charge >= 0.3 is 0 Å². The maximum absolute atomic E-state index is 10.3. The lowest BCUT2D eigenvalue weighted by Crippen LogP contribution is -2.35. The van der Waals surface area contributed by atoms with Crippen LogP contribution in [0.25, 0.3) is 0 Å². The minimum atomic E-state index is -1.05. The maximum atomic E-state index is 10.3. The van der Waals surface area contributed by atoms with Gasteiger partial charge in [0, 0.05) is 17.4 Å². The second-order valence-electron chi connectivity index (χ2n) is 8.29. The third kappa shape index (κ3) is 4.97. The molecule has 4 atom stereocenters. The van der Waals surface area contributed by atoms with E-state index in [1.165, 1.54) is 37.0 Å². The highest BCUT2D eigenvalue weighted by atomic mass is 35.5. The lowest BCUT2D eigenvalue weighted by atomic mass is 9.88. The number of nitrogens with one attached hydrogen (secondary N) is 1. The molecule has 7 nitrogen and oxygen atoms in total. The molecule has 0 bridgehead atoms. The second-order valence-corrected chi connectivity index (χ2v) is 9.77. The van der Waals surface area contributed by atoms with Crippen molar-refractivity contribution in [2.24, 2.45) is 5.92 Å². The van der Waals surface area contributed by atoms with Gasteiger partial charge in [-0.3, -0.25) is 0 Å². The Hall–Kier alpha value is -1.89. The molecule has 31 heavy (non-hydrogen) atoms. The zero-order chi connectivity index (χ0) is 22.0. The average Bonchev–Trinajstić information content (AvgIpc) is 3.34. The summed E-state index contributed by atoms with van der Waals surface area (Å²) in [6.45, 7) is -0.211. The molecule has 2 aromatic heterocycles. The number of nitrogen functional groups attached to an aromatic ring is 1. The molecule has 0 unspecified atom stereocenters. The average molecular weight is 463 g/mol. The van der Waals surface area contributed by atoms with Gasteiger partial charge in [-0.15, -0.1) is 11.3 Å². The van der Waals surface area contributed by atoms with E-state index >= 15 is 0 Å². The van der Waals surface area contributed by atoms with Crippen molar-refractivity contribution in [1.82, 2.24) is 9.97 Å². The van der Waals surface area contributed by atoms with Gasteiger partial charge in [-0.25, -0.2) is 0 Å². The number of rotatable bonds is 4. The molecule has 2 fully saturated rings. The van der Waals surface area contributed by atoms with E-state index in [1.54, 1.807) is 11.3 Å². The minimum Gasteiger partial charge on any atom is -0.396 e. The molecular formula is C22H27ClN4O3S. The Bertz CT molecular complexity index is 983. The van der Waals surface area contributed by atoms with Gasteiger partial charge in [0.2, 0.25) is 5.95 Å². The standard InChI is InChI=1S/C22H27ClN4O3S/c23-20-15(8-6-14-7-9-17(31-14)12-4-2-1-3-5-12)21(27-22(24)26-20)25-16-10-13(11-28)18(29)19(16)30/h7,9,12-13,16,18-19,28-30H,1-5,10-11H2,(H3,24,25,26,27)/t13-,16-,18-,19+/m1/s1. The van der Waals surface area contributed by atoms with Crippen LogP contribution in [0.5, 0.6) is 0 Å². The fraction of sp³-hybridized carbons (Fsp3) is 0.545. The number of hydrogen-bond acceptors (Lipinski definition) is 8. The van der Waals surface area contributed by atoms with Crippen molar-refractivity contribution < 1.29 is 15.3 Å². The van der Waals surface area contributed by atoms with E-state index in [0.29, 0.717) is 23.7 Å². The summed E-state index contributed by atoms with van der Waals surface area (Å²) in [7, 11) is 0. The zero-order valence-corrected chi connectivity index (χ0v) is 18.7. The number of aromatic nitrogens is 2. The Kier molecular flexibility index (Phi) is 6.99. The van der Waals surface area contributed by atoms with Crippen molar-refractivity contribution in [3.05, 3.63) is 32.6 Å². The summed E-state index contributed by atoms with van der Waals surface area (Å²) in [5, 5.41) is 33.0. The molecule has 0 saturated heterocycles. The molecule has 4 rings (SSSR count). The number of aliphatic hydroxyl groups is 3. The first-order valence-electron chi connectivity index (χ1n) is 10.6. The largest absolute Gasteiger partial charge is 0.396 e. The molecule has 2 saturated carbocycles. The Morgan fingerprint density at radius 3 is 2.61 bits per heavy atom. The van der Waals surface area contributed by atoms with E-state index in [1.807, 2.05) is 6.07 Å². The van der Waals surface area contributed by atoms with Crippen LogP contribution in [0.2, 0.25) is 5.15 Å². The zero-order valence-electron chi connectivity index (χ0n) is 17.1. The van der Waals surface area contributed by atoms with Gasteiger partial charge in [0.05, 0.1) is 17.0 Å². The lowest BCUT2D eigenvalue weighted by molar-refractivity contribution is 0.00445. The summed E-state index contributed by atoms with van der Waals surface area (Å²) in [5.74, 6) is 6.73. The summed E-state index contributed by atoms with van der Waals surface area (Å²) >= 11 is 8.02. The van der Waals surface area contributed by atoms with Crippen LogP contribution >= 0.6 is 22.9 Å². The monoisotopic (exact) mass is 462 g/mol. The molecule has 0 aliphatic heterocycles. The van der Waals surface area contributed by atoms with Gasteiger partial charge < -0.3 is 26.4 Å². The highest BCUT2D eigenvalue weighted by Crippen LogP contribution is 2.36. The van der Waals surface area contributed by atoms with Crippen molar-refractivity contribution >= 4 is 34.7 Å². The first kappa shape index (κ1) is 22.3.